The van der Waals surface area contributed by atoms with Gasteiger partial charge in [0.15, 0.2) is 0 Å². The van der Waals surface area contributed by atoms with Gasteiger partial charge in [-0.05, 0) is 43.3 Å². The third-order valence-electron chi connectivity index (χ3n) is 5.18. The number of aliphatic carboxylic acids is 1. The SMILES string of the molecule is COc1ccc(OC)c([C@@H]2C=C(C(=O)O)Nc3c(C(=O)Nc4ccc(C)cc4)cnn32)c1. The first-order chi connectivity index (χ1) is 15.4. The highest BCUT2D eigenvalue weighted by Gasteiger charge is 2.31. The molecular formula is C23H22N4O5. The van der Waals surface area contributed by atoms with E-state index in [2.05, 4.69) is 15.7 Å². The van der Waals surface area contributed by atoms with Gasteiger partial charge in [-0.25, -0.2) is 9.48 Å². The molecule has 0 aliphatic carbocycles. The summed E-state index contributed by atoms with van der Waals surface area (Å²) in [6.07, 6.45) is 2.92. The second-order valence-corrected chi connectivity index (χ2v) is 7.23. The van der Waals surface area contributed by atoms with E-state index < -0.39 is 17.9 Å². The predicted molar refractivity (Wildman–Crippen MR) is 118 cm³/mol. The van der Waals surface area contributed by atoms with E-state index in [4.69, 9.17) is 9.47 Å². The van der Waals surface area contributed by atoms with E-state index in [0.717, 1.165) is 5.56 Å². The average Bonchev–Trinajstić information content (AvgIpc) is 3.23. The Hall–Kier alpha value is -4.27. The zero-order valence-corrected chi connectivity index (χ0v) is 17.7. The second kappa shape index (κ2) is 8.46. The highest BCUT2D eigenvalue weighted by molar-refractivity contribution is 6.08. The van der Waals surface area contributed by atoms with Gasteiger partial charge in [0.2, 0.25) is 0 Å². The molecule has 1 atom stereocenters. The number of carboxylic acids is 1. The lowest BCUT2D eigenvalue weighted by molar-refractivity contribution is -0.132. The fourth-order valence-electron chi connectivity index (χ4n) is 3.51. The number of amides is 1. The van der Waals surface area contributed by atoms with Crippen molar-refractivity contribution in [3.63, 3.8) is 0 Å². The van der Waals surface area contributed by atoms with Gasteiger partial charge in [-0.3, -0.25) is 4.79 Å². The normalized spacial score (nSPS) is 14.6. The van der Waals surface area contributed by atoms with Crippen LogP contribution in [0.15, 0.2) is 60.4 Å². The molecule has 1 amide bonds. The molecule has 32 heavy (non-hydrogen) atoms. The van der Waals surface area contributed by atoms with Gasteiger partial charge in [-0.1, -0.05) is 17.7 Å². The Morgan fingerprint density at radius 2 is 1.88 bits per heavy atom. The maximum absolute atomic E-state index is 13.0. The van der Waals surface area contributed by atoms with Crippen molar-refractivity contribution >= 4 is 23.4 Å². The molecule has 9 heteroatoms. The predicted octanol–water partition coefficient (Wildman–Crippen LogP) is 3.44. The lowest BCUT2D eigenvalue weighted by Crippen LogP contribution is -2.26. The number of anilines is 2. The Kier molecular flexibility index (Phi) is 5.55. The second-order valence-electron chi connectivity index (χ2n) is 7.23. The fourth-order valence-corrected chi connectivity index (χ4v) is 3.51. The number of nitrogens with zero attached hydrogens (tertiary/aromatic N) is 2. The van der Waals surface area contributed by atoms with Crippen molar-refractivity contribution in [1.29, 1.82) is 0 Å². The number of hydrogen-bond donors (Lipinski definition) is 3. The van der Waals surface area contributed by atoms with E-state index in [0.29, 0.717) is 22.7 Å². The maximum atomic E-state index is 13.0. The van der Waals surface area contributed by atoms with Crippen LogP contribution in [0.25, 0.3) is 0 Å². The summed E-state index contributed by atoms with van der Waals surface area (Å²) in [7, 11) is 3.07. The summed E-state index contributed by atoms with van der Waals surface area (Å²) in [5.41, 5.74) is 2.47. The topological polar surface area (TPSA) is 115 Å². The highest BCUT2D eigenvalue weighted by atomic mass is 16.5. The molecule has 3 aromatic rings. The van der Waals surface area contributed by atoms with Gasteiger partial charge in [0.25, 0.3) is 5.91 Å². The van der Waals surface area contributed by atoms with Gasteiger partial charge in [0.05, 0.1) is 20.4 Å². The quantitative estimate of drug-likeness (QED) is 0.544. The third-order valence-corrected chi connectivity index (χ3v) is 5.18. The van der Waals surface area contributed by atoms with Crippen LogP contribution in [0.5, 0.6) is 11.5 Å². The fraction of sp³-hybridized carbons (Fsp3) is 0.174. The van der Waals surface area contributed by atoms with Crippen molar-refractivity contribution in [3.8, 4) is 11.5 Å². The minimum Gasteiger partial charge on any atom is -0.497 e. The van der Waals surface area contributed by atoms with Gasteiger partial charge >= 0.3 is 5.97 Å². The van der Waals surface area contributed by atoms with Crippen molar-refractivity contribution in [1.82, 2.24) is 9.78 Å². The van der Waals surface area contributed by atoms with Crippen LogP contribution in [0.1, 0.15) is 27.5 Å². The van der Waals surface area contributed by atoms with Gasteiger partial charge in [0, 0.05) is 11.3 Å². The highest BCUT2D eigenvalue weighted by Crippen LogP contribution is 2.38. The number of nitrogens with one attached hydrogen (secondary N) is 2. The van der Waals surface area contributed by atoms with Crippen LogP contribution in [-0.4, -0.2) is 41.0 Å². The molecule has 3 N–H and O–H groups in total. The number of allylic oxidation sites excluding steroid dienone is 1. The Bertz CT molecular complexity index is 1210. The zero-order chi connectivity index (χ0) is 22.8. The number of aryl methyl sites for hydroxylation is 1. The zero-order valence-electron chi connectivity index (χ0n) is 17.7. The summed E-state index contributed by atoms with van der Waals surface area (Å²) in [4.78, 5) is 24.8. The van der Waals surface area contributed by atoms with Crippen LogP contribution in [0.4, 0.5) is 11.5 Å². The van der Waals surface area contributed by atoms with E-state index in [1.807, 2.05) is 19.1 Å². The summed E-state index contributed by atoms with van der Waals surface area (Å²) >= 11 is 0. The van der Waals surface area contributed by atoms with Crippen LogP contribution in [0.2, 0.25) is 0 Å². The first kappa shape index (κ1) is 21.0. The number of aromatic nitrogens is 2. The molecule has 1 aliphatic rings. The average molecular weight is 434 g/mol. The molecule has 0 saturated heterocycles. The van der Waals surface area contributed by atoms with E-state index in [-0.39, 0.29) is 17.1 Å². The monoisotopic (exact) mass is 434 g/mol. The van der Waals surface area contributed by atoms with Crippen LogP contribution in [0, 0.1) is 6.92 Å². The number of fused-ring (bicyclic) bond motifs is 1. The van der Waals surface area contributed by atoms with Gasteiger partial charge < -0.3 is 25.2 Å². The van der Waals surface area contributed by atoms with E-state index in [9.17, 15) is 14.7 Å². The van der Waals surface area contributed by atoms with E-state index in [1.165, 1.54) is 19.4 Å². The van der Waals surface area contributed by atoms with Crippen molar-refractivity contribution < 1.29 is 24.2 Å². The number of carbonyl (C=O) groups excluding carboxylic acids is 1. The Balaban J connectivity index is 1.77. The van der Waals surface area contributed by atoms with Gasteiger partial charge in [-0.15, -0.1) is 0 Å². The first-order valence-corrected chi connectivity index (χ1v) is 9.81. The lowest BCUT2D eigenvalue weighted by atomic mass is 10.0. The Morgan fingerprint density at radius 1 is 1.12 bits per heavy atom. The molecule has 0 bridgehead atoms. The number of hydrogen-bond acceptors (Lipinski definition) is 6. The van der Waals surface area contributed by atoms with Gasteiger partial charge in [0.1, 0.15) is 34.6 Å². The number of rotatable bonds is 6. The minimum atomic E-state index is -1.16. The first-order valence-electron chi connectivity index (χ1n) is 9.81. The molecule has 1 aromatic heterocycles. The smallest absolute Gasteiger partial charge is 0.352 e. The molecule has 0 unspecified atom stereocenters. The van der Waals surface area contributed by atoms with Crippen molar-refractivity contribution in [2.24, 2.45) is 0 Å². The van der Waals surface area contributed by atoms with Crippen LogP contribution >= 0.6 is 0 Å². The molecule has 0 fully saturated rings. The summed E-state index contributed by atoms with van der Waals surface area (Å²) < 4.78 is 12.4. The van der Waals surface area contributed by atoms with Crippen LogP contribution < -0.4 is 20.1 Å². The molecule has 1 aliphatic heterocycles. The summed E-state index contributed by atoms with van der Waals surface area (Å²) in [5.74, 6) is -0.189. The molecule has 4 rings (SSSR count). The Morgan fingerprint density at radius 3 is 2.53 bits per heavy atom. The summed E-state index contributed by atoms with van der Waals surface area (Å²) in [6, 6.07) is 12.0. The number of ether oxygens (including phenoxy) is 2. The number of methoxy groups -OCH3 is 2. The number of carbonyl (C=O) groups is 2. The maximum Gasteiger partial charge on any atom is 0.352 e. The van der Waals surface area contributed by atoms with E-state index >= 15 is 0 Å². The molecular weight excluding hydrogens is 412 g/mol. The minimum absolute atomic E-state index is 0.0720. The van der Waals surface area contributed by atoms with Crippen molar-refractivity contribution in [2.75, 3.05) is 24.9 Å². The number of carboxylic acid groups (broad SMARTS) is 1. The lowest BCUT2D eigenvalue weighted by Gasteiger charge is -2.26. The van der Waals surface area contributed by atoms with Gasteiger partial charge in [-0.2, -0.15) is 5.10 Å². The molecule has 2 heterocycles. The molecule has 0 spiro atoms. The Labute approximate surface area is 184 Å². The van der Waals surface area contributed by atoms with Crippen molar-refractivity contribution in [2.45, 2.75) is 13.0 Å². The summed E-state index contributed by atoms with van der Waals surface area (Å²) in [5, 5.41) is 19.7. The molecule has 0 radical (unpaired) electrons. The standard InChI is InChI=1S/C23H22N4O5/c1-13-4-6-14(7-5-13)25-22(28)17-12-24-27-19(11-18(23(29)30)26-21(17)27)16-10-15(31-2)8-9-20(16)32-3/h4-12,19,26H,1-3H3,(H,25,28)(H,29,30)/t19-/m0/s1. The molecule has 0 saturated carbocycles. The molecule has 9 nitrogen and oxygen atoms in total. The third kappa shape index (κ3) is 3.87. The van der Waals surface area contributed by atoms with E-state index in [1.54, 1.807) is 42.1 Å². The number of benzene rings is 2. The van der Waals surface area contributed by atoms with Crippen molar-refractivity contribution in [3.05, 3.63) is 77.1 Å². The molecule has 2 aromatic carbocycles. The van der Waals surface area contributed by atoms with Crippen LogP contribution in [-0.2, 0) is 4.79 Å². The molecule has 164 valence electrons. The summed E-state index contributed by atoms with van der Waals surface area (Å²) in [6.45, 7) is 1.95. The van der Waals surface area contributed by atoms with Crippen LogP contribution in [0.3, 0.4) is 0 Å². The largest absolute Gasteiger partial charge is 0.497 e.